The Labute approximate surface area is 158 Å². The second-order valence-electron chi connectivity index (χ2n) is 6.97. The summed E-state index contributed by atoms with van der Waals surface area (Å²) in [6.07, 6.45) is 1.91. The monoisotopic (exact) mass is 391 g/mol. The van der Waals surface area contributed by atoms with Gasteiger partial charge in [-0.1, -0.05) is 12.1 Å². The Bertz CT molecular complexity index is 904. The van der Waals surface area contributed by atoms with Crippen molar-refractivity contribution in [2.24, 2.45) is 5.92 Å². The Morgan fingerprint density at radius 3 is 2.22 bits per heavy atom. The molecule has 1 aliphatic carbocycles. The van der Waals surface area contributed by atoms with E-state index in [1.54, 1.807) is 24.3 Å². The summed E-state index contributed by atoms with van der Waals surface area (Å²) in [5.41, 5.74) is 0.893. The lowest BCUT2D eigenvalue weighted by Crippen LogP contribution is -2.37. The maximum Gasteiger partial charge on any atom is 0.339 e. The van der Waals surface area contributed by atoms with Gasteiger partial charge >= 0.3 is 10.1 Å². The maximum atomic E-state index is 13.0. The molecule has 1 fully saturated rings. The fraction of sp³-hybridized carbons (Fsp3) is 0.350. The third kappa shape index (κ3) is 4.86. The Hall–Kier alpha value is -2.41. The largest absolute Gasteiger partial charge is 0.379 e. The first-order chi connectivity index (χ1) is 12.8. The van der Waals surface area contributed by atoms with Crippen LogP contribution in [0.3, 0.4) is 0 Å². The number of amides is 1. The van der Waals surface area contributed by atoms with Crippen LogP contribution < -0.4 is 4.18 Å². The van der Waals surface area contributed by atoms with Crippen molar-refractivity contribution >= 4 is 16.0 Å². The van der Waals surface area contributed by atoms with E-state index in [4.69, 9.17) is 4.18 Å². The first-order valence-electron chi connectivity index (χ1n) is 8.86. The van der Waals surface area contributed by atoms with Crippen molar-refractivity contribution in [2.45, 2.75) is 44.2 Å². The van der Waals surface area contributed by atoms with Crippen LogP contribution >= 0.6 is 0 Å². The normalized spacial score (nSPS) is 14.2. The van der Waals surface area contributed by atoms with Crippen LogP contribution in [0.25, 0.3) is 0 Å². The van der Waals surface area contributed by atoms with E-state index >= 15 is 0 Å². The van der Waals surface area contributed by atoms with Crippen LogP contribution in [-0.4, -0.2) is 25.3 Å². The molecule has 3 rings (SSSR count). The van der Waals surface area contributed by atoms with Gasteiger partial charge in [-0.05, 0) is 68.7 Å². The van der Waals surface area contributed by atoms with Crippen molar-refractivity contribution in [3.63, 3.8) is 0 Å². The molecule has 0 aliphatic heterocycles. The average Bonchev–Trinajstić information content (AvgIpc) is 3.45. The molecule has 0 heterocycles. The molecule has 1 aliphatic rings. The molecule has 27 heavy (non-hydrogen) atoms. The highest BCUT2D eigenvalue weighted by molar-refractivity contribution is 7.87. The molecule has 5 nitrogen and oxygen atoms in total. The van der Waals surface area contributed by atoms with Gasteiger partial charge in [0.25, 0.3) is 0 Å². The number of carbonyl (C=O) groups is 1. The van der Waals surface area contributed by atoms with Crippen molar-refractivity contribution in [3.05, 3.63) is 59.9 Å². The van der Waals surface area contributed by atoms with E-state index in [0.717, 1.165) is 42.7 Å². The molecular weight excluding hydrogens is 369 g/mol. The second kappa shape index (κ2) is 7.68. The van der Waals surface area contributed by atoms with E-state index in [2.05, 4.69) is 0 Å². The predicted octanol–water partition coefficient (Wildman–Crippen LogP) is 3.74. The number of hydrogen-bond acceptors (Lipinski definition) is 4. The summed E-state index contributed by atoms with van der Waals surface area (Å²) in [6.45, 7) is 4.43. The molecule has 1 saturated carbocycles. The third-order valence-corrected chi connectivity index (χ3v) is 5.68. The van der Waals surface area contributed by atoms with Crippen molar-refractivity contribution < 1.29 is 21.8 Å². The average molecular weight is 391 g/mol. The van der Waals surface area contributed by atoms with Crippen molar-refractivity contribution in [1.82, 2.24) is 4.90 Å². The van der Waals surface area contributed by atoms with Gasteiger partial charge in [0.15, 0.2) is 0 Å². The molecule has 0 bridgehead atoms. The number of benzene rings is 2. The zero-order chi connectivity index (χ0) is 19.6. The summed E-state index contributed by atoms with van der Waals surface area (Å²) in [5, 5.41) is 0. The quantitative estimate of drug-likeness (QED) is 0.675. The lowest BCUT2D eigenvalue weighted by Gasteiger charge is -2.27. The highest BCUT2D eigenvalue weighted by Gasteiger charge is 2.34. The first-order valence-corrected chi connectivity index (χ1v) is 10.3. The van der Waals surface area contributed by atoms with Crippen LogP contribution in [-0.2, 0) is 21.5 Å². The lowest BCUT2D eigenvalue weighted by atomic mass is 10.1. The lowest BCUT2D eigenvalue weighted by molar-refractivity contribution is -0.134. The van der Waals surface area contributed by atoms with Crippen LogP contribution in [0.5, 0.6) is 5.75 Å². The predicted molar refractivity (Wildman–Crippen MR) is 99.1 cm³/mol. The van der Waals surface area contributed by atoms with E-state index in [-0.39, 0.29) is 28.5 Å². The molecule has 0 spiro atoms. The zero-order valence-electron chi connectivity index (χ0n) is 15.3. The number of halogens is 1. The molecule has 7 heteroatoms. The van der Waals surface area contributed by atoms with Gasteiger partial charge in [-0.25, -0.2) is 4.39 Å². The molecule has 0 atom stereocenters. The molecule has 144 valence electrons. The highest BCUT2D eigenvalue weighted by Crippen LogP contribution is 2.32. The van der Waals surface area contributed by atoms with Crippen molar-refractivity contribution in [1.29, 1.82) is 0 Å². The number of nitrogens with zero attached hydrogens (tertiary/aromatic N) is 1. The third-order valence-electron chi connectivity index (χ3n) is 4.42. The van der Waals surface area contributed by atoms with E-state index in [0.29, 0.717) is 6.54 Å². The molecule has 0 aromatic heterocycles. The minimum atomic E-state index is -4.03. The fourth-order valence-electron chi connectivity index (χ4n) is 2.70. The minimum absolute atomic E-state index is 0.0906. The van der Waals surface area contributed by atoms with E-state index < -0.39 is 15.9 Å². The van der Waals surface area contributed by atoms with Crippen LogP contribution in [0.4, 0.5) is 4.39 Å². The molecule has 0 N–H and O–H groups in total. The summed E-state index contributed by atoms with van der Waals surface area (Å²) >= 11 is 0. The zero-order valence-corrected chi connectivity index (χ0v) is 16.1. The van der Waals surface area contributed by atoms with Gasteiger partial charge in [-0.15, -0.1) is 0 Å². The molecule has 2 aromatic carbocycles. The first kappa shape index (κ1) is 19.4. The van der Waals surface area contributed by atoms with E-state index in [9.17, 15) is 17.6 Å². The van der Waals surface area contributed by atoms with Crippen molar-refractivity contribution in [2.75, 3.05) is 0 Å². The minimum Gasteiger partial charge on any atom is -0.379 e. The summed E-state index contributed by atoms with van der Waals surface area (Å²) in [4.78, 5) is 14.1. The van der Waals surface area contributed by atoms with Crippen molar-refractivity contribution in [3.8, 4) is 5.75 Å². The highest BCUT2D eigenvalue weighted by atomic mass is 32.2. The summed E-state index contributed by atoms with van der Waals surface area (Å²) in [5.74, 6) is -0.0403. The van der Waals surface area contributed by atoms with Crippen LogP contribution in [0.15, 0.2) is 53.4 Å². The van der Waals surface area contributed by atoms with E-state index in [1.807, 2.05) is 18.7 Å². The SMILES string of the molecule is CC(C)N(Cc1ccc(OS(=O)(=O)c2ccc(F)cc2)cc1)C(=O)C1CC1. The van der Waals surface area contributed by atoms with E-state index in [1.165, 1.54) is 0 Å². The van der Waals surface area contributed by atoms with Crippen LogP contribution in [0.2, 0.25) is 0 Å². The molecule has 0 saturated heterocycles. The Balaban J connectivity index is 1.69. The van der Waals surface area contributed by atoms with Gasteiger partial charge < -0.3 is 9.08 Å². The molecule has 2 aromatic rings. The molecular formula is C20H22FNO4S. The standard InChI is InChI=1S/C20H22FNO4S/c1-14(2)22(20(23)16-5-6-16)13-15-3-9-18(10-4-15)26-27(24,25)19-11-7-17(21)8-12-19/h3-4,7-12,14,16H,5-6,13H2,1-2H3. The fourth-order valence-corrected chi connectivity index (χ4v) is 3.63. The molecule has 1 amide bonds. The van der Waals surface area contributed by atoms with Gasteiger partial charge in [0.05, 0.1) is 0 Å². The number of hydrogen-bond donors (Lipinski definition) is 0. The van der Waals surface area contributed by atoms with Gasteiger partial charge in [0.1, 0.15) is 16.5 Å². The maximum absolute atomic E-state index is 13.0. The Morgan fingerprint density at radius 2 is 1.70 bits per heavy atom. The van der Waals surface area contributed by atoms with Gasteiger partial charge in [0.2, 0.25) is 5.91 Å². The summed E-state index contributed by atoms with van der Waals surface area (Å²) in [7, 11) is -4.03. The molecule has 0 radical (unpaired) electrons. The van der Waals surface area contributed by atoms with Gasteiger partial charge in [-0.3, -0.25) is 4.79 Å². The summed E-state index contributed by atoms with van der Waals surface area (Å²) < 4.78 is 42.5. The number of rotatable bonds is 7. The van der Waals surface area contributed by atoms with Gasteiger partial charge in [-0.2, -0.15) is 8.42 Å². The Morgan fingerprint density at radius 1 is 1.11 bits per heavy atom. The van der Waals surface area contributed by atoms with Crippen LogP contribution in [0.1, 0.15) is 32.3 Å². The smallest absolute Gasteiger partial charge is 0.339 e. The summed E-state index contributed by atoms with van der Waals surface area (Å²) in [6, 6.07) is 11.1. The van der Waals surface area contributed by atoms with Crippen LogP contribution in [0, 0.1) is 11.7 Å². The second-order valence-corrected chi connectivity index (χ2v) is 8.52. The Kier molecular flexibility index (Phi) is 5.51. The van der Waals surface area contributed by atoms with Gasteiger partial charge in [0, 0.05) is 18.5 Å². The topological polar surface area (TPSA) is 63.7 Å². The molecule has 0 unspecified atom stereocenters. The number of carbonyl (C=O) groups excluding carboxylic acids is 1.